The number of benzene rings is 2. The molecule has 3 rings (SSSR count). The molecule has 1 heterocycles. The minimum Gasteiger partial charge on any atom is -0.460 e. The lowest BCUT2D eigenvalue weighted by molar-refractivity contribution is -0.145. The standard InChI is InChI=1S/C23H25N3O3/c1-17-14-18(2)26(25-17)21-11-8-19(9-12-21)10-13-22(27)24-15-23(28)29-16-20-6-4-3-5-7-20/h3-9,11-12,14H,10,13,15-16H2,1-2H3,(H,24,27). The monoisotopic (exact) mass is 391 g/mol. The Balaban J connectivity index is 1.40. The molecule has 0 fully saturated rings. The van der Waals surface area contributed by atoms with Gasteiger partial charge >= 0.3 is 5.97 Å². The first kappa shape index (κ1) is 20.3. The number of aryl methyl sites for hydroxylation is 3. The third kappa shape index (κ3) is 6.04. The molecule has 0 spiro atoms. The largest absolute Gasteiger partial charge is 0.460 e. The first-order valence-electron chi connectivity index (χ1n) is 9.60. The molecule has 0 saturated heterocycles. The van der Waals surface area contributed by atoms with Crippen molar-refractivity contribution in [3.63, 3.8) is 0 Å². The Kier molecular flexibility index (Phi) is 6.79. The number of hydrogen-bond donors (Lipinski definition) is 1. The molecule has 1 amide bonds. The van der Waals surface area contributed by atoms with Gasteiger partial charge < -0.3 is 10.1 Å². The van der Waals surface area contributed by atoms with Crippen molar-refractivity contribution in [3.8, 4) is 5.69 Å². The Morgan fingerprint density at radius 3 is 2.38 bits per heavy atom. The number of ether oxygens (including phenoxy) is 1. The van der Waals surface area contributed by atoms with Crippen LogP contribution < -0.4 is 5.32 Å². The van der Waals surface area contributed by atoms with Gasteiger partial charge in [0.1, 0.15) is 13.2 Å². The Morgan fingerprint density at radius 1 is 1.00 bits per heavy atom. The van der Waals surface area contributed by atoms with Crippen LogP contribution in [0.15, 0.2) is 60.7 Å². The van der Waals surface area contributed by atoms with Crippen LogP contribution in [0.4, 0.5) is 0 Å². The van der Waals surface area contributed by atoms with E-state index < -0.39 is 5.97 Å². The Bertz CT molecular complexity index is 963. The molecular formula is C23H25N3O3. The zero-order valence-electron chi connectivity index (χ0n) is 16.7. The van der Waals surface area contributed by atoms with E-state index in [0.717, 1.165) is 28.2 Å². The number of carbonyl (C=O) groups excluding carboxylic acids is 2. The average molecular weight is 391 g/mol. The molecule has 3 aromatic rings. The fourth-order valence-electron chi connectivity index (χ4n) is 3.00. The van der Waals surface area contributed by atoms with E-state index in [1.807, 2.05) is 79.2 Å². The molecule has 6 nitrogen and oxygen atoms in total. The highest BCUT2D eigenvalue weighted by Crippen LogP contribution is 2.14. The zero-order chi connectivity index (χ0) is 20.6. The van der Waals surface area contributed by atoms with Gasteiger partial charge in [-0.15, -0.1) is 0 Å². The van der Waals surface area contributed by atoms with Crippen molar-refractivity contribution in [1.82, 2.24) is 15.1 Å². The molecule has 0 atom stereocenters. The van der Waals surface area contributed by atoms with Gasteiger partial charge in [0.15, 0.2) is 0 Å². The van der Waals surface area contributed by atoms with E-state index in [2.05, 4.69) is 10.4 Å². The Hall–Kier alpha value is -3.41. The highest BCUT2D eigenvalue weighted by molar-refractivity contribution is 5.82. The van der Waals surface area contributed by atoms with Crippen LogP contribution >= 0.6 is 0 Å². The first-order chi connectivity index (χ1) is 14.0. The quantitative estimate of drug-likeness (QED) is 0.598. The lowest BCUT2D eigenvalue weighted by Crippen LogP contribution is -2.30. The van der Waals surface area contributed by atoms with Gasteiger partial charge in [-0.25, -0.2) is 4.68 Å². The molecule has 1 aromatic heterocycles. The van der Waals surface area contributed by atoms with Crippen molar-refractivity contribution < 1.29 is 14.3 Å². The number of nitrogens with one attached hydrogen (secondary N) is 1. The van der Waals surface area contributed by atoms with E-state index in [1.54, 1.807) is 0 Å². The molecule has 0 aliphatic carbocycles. The maximum Gasteiger partial charge on any atom is 0.325 e. The van der Waals surface area contributed by atoms with Crippen molar-refractivity contribution >= 4 is 11.9 Å². The summed E-state index contributed by atoms with van der Waals surface area (Å²) in [5.74, 6) is -0.624. The molecule has 2 aromatic carbocycles. The normalized spacial score (nSPS) is 10.6. The van der Waals surface area contributed by atoms with Crippen LogP contribution in [0.1, 0.15) is 28.9 Å². The molecule has 0 saturated carbocycles. The highest BCUT2D eigenvalue weighted by Gasteiger charge is 2.08. The lowest BCUT2D eigenvalue weighted by atomic mass is 10.1. The molecule has 1 N–H and O–H groups in total. The van der Waals surface area contributed by atoms with Crippen LogP contribution in [0.5, 0.6) is 0 Å². The number of carbonyl (C=O) groups is 2. The second-order valence-electron chi connectivity index (χ2n) is 6.93. The van der Waals surface area contributed by atoms with Gasteiger partial charge in [0.05, 0.1) is 11.4 Å². The van der Waals surface area contributed by atoms with Crippen LogP contribution in [0.2, 0.25) is 0 Å². The predicted molar refractivity (Wildman–Crippen MR) is 111 cm³/mol. The molecule has 29 heavy (non-hydrogen) atoms. The van der Waals surface area contributed by atoms with E-state index in [-0.39, 0.29) is 19.1 Å². The second-order valence-corrected chi connectivity index (χ2v) is 6.93. The number of rotatable bonds is 8. The van der Waals surface area contributed by atoms with Crippen LogP contribution in [0, 0.1) is 13.8 Å². The number of nitrogens with zero attached hydrogens (tertiary/aromatic N) is 2. The summed E-state index contributed by atoms with van der Waals surface area (Å²) in [6.07, 6.45) is 0.910. The highest BCUT2D eigenvalue weighted by atomic mass is 16.5. The molecule has 6 heteroatoms. The van der Waals surface area contributed by atoms with Crippen LogP contribution in [0.25, 0.3) is 5.69 Å². The molecular weight excluding hydrogens is 366 g/mol. The summed E-state index contributed by atoms with van der Waals surface area (Å²) in [7, 11) is 0. The molecule has 0 aliphatic heterocycles. The third-order valence-corrected chi connectivity index (χ3v) is 4.50. The number of esters is 1. The van der Waals surface area contributed by atoms with Gasteiger partial charge in [0, 0.05) is 12.1 Å². The van der Waals surface area contributed by atoms with Crippen molar-refractivity contribution in [2.75, 3.05) is 6.54 Å². The summed E-state index contributed by atoms with van der Waals surface area (Å²) < 4.78 is 7.04. The third-order valence-electron chi connectivity index (χ3n) is 4.50. The maximum atomic E-state index is 12.0. The Morgan fingerprint density at radius 2 is 1.72 bits per heavy atom. The maximum absolute atomic E-state index is 12.0. The molecule has 150 valence electrons. The van der Waals surface area contributed by atoms with Crippen LogP contribution in [-0.2, 0) is 27.4 Å². The average Bonchev–Trinajstić information content (AvgIpc) is 3.08. The first-order valence-corrected chi connectivity index (χ1v) is 9.60. The van der Waals surface area contributed by atoms with Gasteiger partial charge in [-0.05, 0) is 49.6 Å². The fourth-order valence-corrected chi connectivity index (χ4v) is 3.00. The summed E-state index contributed by atoms with van der Waals surface area (Å²) >= 11 is 0. The van der Waals surface area contributed by atoms with E-state index in [4.69, 9.17) is 4.74 Å². The summed E-state index contributed by atoms with van der Waals surface area (Å²) in [6.45, 7) is 4.07. The van der Waals surface area contributed by atoms with E-state index in [9.17, 15) is 9.59 Å². The van der Waals surface area contributed by atoms with E-state index in [0.29, 0.717) is 12.8 Å². The molecule has 0 unspecified atom stereocenters. The van der Waals surface area contributed by atoms with Gasteiger partial charge in [-0.2, -0.15) is 5.10 Å². The van der Waals surface area contributed by atoms with Gasteiger partial charge in [-0.1, -0.05) is 42.5 Å². The predicted octanol–water partition coefficient (Wildman–Crippen LogP) is 3.28. The lowest BCUT2D eigenvalue weighted by Gasteiger charge is -2.08. The van der Waals surface area contributed by atoms with E-state index >= 15 is 0 Å². The van der Waals surface area contributed by atoms with Gasteiger partial charge in [-0.3, -0.25) is 9.59 Å². The summed E-state index contributed by atoms with van der Waals surface area (Å²) in [6, 6.07) is 19.4. The van der Waals surface area contributed by atoms with Crippen molar-refractivity contribution in [2.45, 2.75) is 33.3 Å². The minimum absolute atomic E-state index is 0.122. The number of hydrogen-bond acceptors (Lipinski definition) is 4. The summed E-state index contributed by atoms with van der Waals surface area (Å²) in [4.78, 5) is 23.7. The van der Waals surface area contributed by atoms with Crippen molar-refractivity contribution in [3.05, 3.63) is 83.2 Å². The van der Waals surface area contributed by atoms with Crippen LogP contribution in [0.3, 0.4) is 0 Å². The fraction of sp³-hybridized carbons (Fsp3) is 0.261. The summed E-state index contributed by atoms with van der Waals surface area (Å²) in [5.41, 5.74) is 5.01. The van der Waals surface area contributed by atoms with Crippen LogP contribution in [-0.4, -0.2) is 28.2 Å². The van der Waals surface area contributed by atoms with Crippen molar-refractivity contribution in [1.29, 1.82) is 0 Å². The molecule has 0 aliphatic rings. The van der Waals surface area contributed by atoms with Crippen molar-refractivity contribution in [2.24, 2.45) is 0 Å². The zero-order valence-corrected chi connectivity index (χ0v) is 16.7. The van der Waals surface area contributed by atoms with Gasteiger partial charge in [0.2, 0.25) is 5.91 Å². The topological polar surface area (TPSA) is 73.2 Å². The molecule has 0 radical (unpaired) electrons. The minimum atomic E-state index is -0.448. The van der Waals surface area contributed by atoms with E-state index in [1.165, 1.54) is 0 Å². The smallest absolute Gasteiger partial charge is 0.325 e. The second kappa shape index (κ2) is 9.68. The number of aromatic nitrogens is 2. The van der Waals surface area contributed by atoms with Gasteiger partial charge in [0.25, 0.3) is 0 Å². The molecule has 0 bridgehead atoms. The number of amides is 1. The SMILES string of the molecule is Cc1cc(C)n(-c2ccc(CCC(=O)NCC(=O)OCc3ccccc3)cc2)n1. The summed E-state index contributed by atoms with van der Waals surface area (Å²) in [5, 5.41) is 7.08. The Labute approximate surface area is 170 Å².